The highest BCUT2D eigenvalue weighted by Crippen LogP contribution is 2.33. The first-order chi connectivity index (χ1) is 9.97. The Bertz CT molecular complexity index is 616. The van der Waals surface area contributed by atoms with E-state index in [1.807, 2.05) is 6.92 Å². The molecule has 0 aliphatic carbocycles. The minimum absolute atomic E-state index is 0.0820. The average Bonchev–Trinajstić information content (AvgIpc) is 2.79. The zero-order chi connectivity index (χ0) is 15.0. The Morgan fingerprint density at radius 2 is 2.19 bits per heavy atom. The molecule has 0 radical (unpaired) electrons. The second-order valence-electron chi connectivity index (χ2n) is 5.95. The van der Waals surface area contributed by atoms with Crippen LogP contribution in [0.1, 0.15) is 37.3 Å². The van der Waals surface area contributed by atoms with Crippen LogP contribution < -0.4 is 11.3 Å². The standard InChI is InChI=1S/C14H21N5O2/c1-9-7-11(20)17-12(16-9)10(2)19-5-3-14(4-6-19)8-21-13(15)18-14/h7,10H,3-6,8H2,1-2H3,(H2,15,18)(H,16,17,20). The number of nitrogens with one attached hydrogen (secondary N) is 1. The molecule has 1 fully saturated rings. The van der Waals surface area contributed by atoms with Gasteiger partial charge in [-0.3, -0.25) is 9.69 Å². The third-order valence-electron chi connectivity index (χ3n) is 4.40. The maximum Gasteiger partial charge on any atom is 0.282 e. The summed E-state index contributed by atoms with van der Waals surface area (Å²) in [6.07, 6.45) is 1.82. The van der Waals surface area contributed by atoms with Gasteiger partial charge in [0.25, 0.3) is 11.6 Å². The van der Waals surface area contributed by atoms with Gasteiger partial charge in [0.2, 0.25) is 0 Å². The van der Waals surface area contributed by atoms with Crippen molar-refractivity contribution in [2.75, 3.05) is 19.7 Å². The summed E-state index contributed by atoms with van der Waals surface area (Å²) < 4.78 is 5.31. The Hall–Kier alpha value is -1.89. The van der Waals surface area contributed by atoms with E-state index < -0.39 is 0 Å². The topological polar surface area (TPSA) is 96.6 Å². The molecule has 114 valence electrons. The number of amidine groups is 1. The molecule has 1 unspecified atom stereocenters. The van der Waals surface area contributed by atoms with Gasteiger partial charge in [-0.15, -0.1) is 0 Å². The van der Waals surface area contributed by atoms with Crippen molar-refractivity contribution in [1.29, 1.82) is 0 Å². The van der Waals surface area contributed by atoms with Crippen molar-refractivity contribution in [2.45, 2.75) is 38.3 Å². The largest absolute Gasteiger partial charge is 0.463 e. The first-order valence-corrected chi connectivity index (χ1v) is 7.27. The molecule has 3 heterocycles. The third kappa shape index (κ3) is 2.78. The van der Waals surface area contributed by atoms with Gasteiger partial charge in [-0.25, -0.2) is 9.98 Å². The molecular formula is C14H21N5O2. The van der Waals surface area contributed by atoms with Crippen molar-refractivity contribution in [1.82, 2.24) is 14.9 Å². The van der Waals surface area contributed by atoms with Crippen LogP contribution in [0.3, 0.4) is 0 Å². The van der Waals surface area contributed by atoms with Gasteiger partial charge >= 0.3 is 0 Å². The number of nitrogens with two attached hydrogens (primary N) is 1. The quantitative estimate of drug-likeness (QED) is 0.818. The van der Waals surface area contributed by atoms with E-state index >= 15 is 0 Å². The van der Waals surface area contributed by atoms with Crippen molar-refractivity contribution in [3.05, 3.63) is 27.9 Å². The summed E-state index contributed by atoms with van der Waals surface area (Å²) in [6, 6.07) is 1.90. The molecular weight excluding hydrogens is 270 g/mol. The van der Waals surface area contributed by atoms with Crippen LogP contribution in [0.4, 0.5) is 0 Å². The zero-order valence-electron chi connectivity index (χ0n) is 12.4. The Morgan fingerprint density at radius 3 is 2.76 bits per heavy atom. The third-order valence-corrected chi connectivity index (χ3v) is 4.40. The first kappa shape index (κ1) is 14.1. The zero-order valence-corrected chi connectivity index (χ0v) is 12.4. The first-order valence-electron chi connectivity index (χ1n) is 7.27. The Kier molecular flexibility index (Phi) is 3.44. The number of nitrogens with zero attached hydrogens (tertiary/aromatic N) is 3. The summed E-state index contributed by atoms with van der Waals surface area (Å²) in [7, 11) is 0. The van der Waals surface area contributed by atoms with Crippen LogP contribution in [-0.2, 0) is 4.74 Å². The number of rotatable bonds is 2. The van der Waals surface area contributed by atoms with Gasteiger partial charge in [-0.2, -0.15) is 0 Å². The summed E-state index contributed by atoms with van der Waals surface area (Å²) >= 11 is 0. The number of ether oxygens (including phenoxy) is 1. The lowest BCUT2D eigenvalue weighted by molar-refractivity contribution is 0.104. The van der Waals surface area contributed by atoms with E-state index in [1.54, 1.807) is 0 Å². The number of aromatic nitrogens is 2. The monoisotopic (exact) mass is 291 g/mol. The smallest absolute Gasteiger partial charge is 0.282 e. The molecule has 3 rings (SSSR count). The van der Waals surface area contributed by atoms with Gasteiger partial charge < -0.3 is 15.5 Å². The van der Waals surface area contributed by atoms with E-state index in [0.29, 0.717) is 12.6 Å². The van der Waals surface area contributed by atoms with Gasteiger partial charge in [-0.05, 0) is 26.7 Å². The molecule has 21 heavy (non-hydrogen) atoms. The highest BCUT2D eigenvalue weighted by molar-refractivity contribution is 5.73. The molecule has 0 aromatic carbocycles. The minimum Gasteiger partial charge on any atom is -0.463 e. The molecule has 0 bridgehead atoms. The lowest BCUT2D eigenvalue weighted by atomic mass is 9.89. The number of hydrogen-bond donors (Lipinski definition) is 2. The van der Waals surface area contributed by atoms with Crippen LogP contribution in [0.25, 0.3) is 0 Å². The summed E-state index contributed by atoms with van der Waals surface area (Å²) in [5, 5.41) is 0. The molecule has 2 aliphatic heterocycles. The van der Waals surface area contributed by atoms with Crippen LogP contribution >= 0.6 is 0 Å². The predicted octanol–water partition coefficient (Wildman–Crippen LogP) is 0.319. The lowest BCUT2D eigenvalue weighted by Crippen LogP contribution is -2.45. The second kappa shape index (κ2) is 5.14. The Morgan fingerprint density at radius 1 is 1.48 bits per heavy atom. The fourth-order valence-corrected chi connectivity index (χ4v) is 3.06. The summed E-state index contributed by atoms with van der Waals surface area (Å²) in [5.41, 5.74) is 6.13. The highest BCUT2D eigenvalue weighted by Gasteiger charge is 2.40. The van der Waals surface area contributed by atoms with Crippen LogP contribution in [0.15, 0.2) is 15.9 Å². The molecule has 2 aliphatic rings. The number of likely N-dealkylation sites (tertiary alicyclic amines) is 1. The predicted molar refractivity (Wildman–Crippen MR) is 79.1 cm³/mol. The number of aryl methyl sites for hydroxylation is 1. The maximum absolute atomic E-state index is 11.6. The second-order valence-corrected chi connectivity index (χ2v) is 5.95. The van der Waals surface area contributed by atoms with Crippen LogP contribution in [-0.4, -0.2) is 46.1 Å². The fourth-order valence-electron chi connectivity index (χ4n) is 3.06. The number of hydrogen-bond acceptors (Lipinski definition) is 6. The molecule has 1 atom stereocenters. The van der Waals surface area contributed by atoms with Crippen molar-refractivity contribution in [2.24, 2.45) is 10.7 Å². The normalized spacial score (nSPS) is 22.9. The fraction of sp³-hybridized carbons (Fsp3) is 0.643. The molecule has 0 amide bonds. The highest BCUT2D eigenvalue weighted by atomic mass is 16.5. The molecule has 7 heteroatoms. The van der Waals surface area contributed by atoms with Crippen LogP contribution in [0, 0.1) is 6.92 Å². The molecule has 3 N–H and O–H groups in total. The molecule has 1 aromatic heterocycles. The summed E-state index contributed by atoms with van der Waals surface area (Å²) in [4.78, 5) is 25.6. The van der Waals surface area contributed by atoms with Crippen LogP contribution in [0.2, 0.25) is 0 Å². The number of aliphatic imine (C=N–C) groups is 1. The average molecular weight is 291 g/mol. The van der Waals surface area contributed by atoms with Crippen LogP contribution in [0.5, 0.6) is 0 Å². The van der Waals surface area contributed by atoms with Crippen molar-refractivity contribution >= 4 is 6.02 Å². The van der Waals surface area contributed by atoms with E-state index in [0.717, 1.165) is 37.4 Å². The summed E-state index contributed by atoms with van der Waals surface area (Å²) in [6.45, 7) is 6.26. The molecule has 1 spiro atoms. The van der Waals surface area contributed by atoms with E-state index in [2.05, 4.69) is 26.8 Å². The van der Waals surface area contributed by atoms with E-state index in [4.69, 9.17) is 10.5 Å². The minimum atomic E-state index is -0.145. The SMILES string of the molecule is Cc1cc(=O)[nH]c(C(C)N2CCC3(CC2)COC(N)=N3)n1. The van der Waals surface area contributed by atoms with Gasteiger partial charge in [0, 0.05) is 24.8 Å². The van der Waals surface area contributed by atoms with E-state index in [-0.39, 0.29) is 17.1 Å². The van der Waals surface area contributed by atoms with Gasteiger partial charge in [-0.1, -0.05) is 0 Å². The van der Waals surface area contributed by atoms with Crippen molar-refractivity contribution in [3.63, 3.8) is 0 Å². The number of H-pyrrole nitrogens is 1. The number of piperidine rings is 1. The van der Waals surface area contributed by atoms with Gasteiger partial charge in [0.05, 0.1) is 6.04 Å². The van der Waals surface area contributed by atoms with Gasteiger partial charge in [0.15, 0.2) is 0 Å². The number of aromatic amines is 1. The van der Waals surface area contributed by atoms with Crippen molar-refractivity contribution in [3.8, 4) is 0 Å². The molecule has 1 aromatic rings. The molecule has 0 saturated carbocycles. The molecule has 1 saturated heterocycles. The Labute approximate surface area is 123 Å². The lowest BCUT2D eigenvalue weighted by Gasteiger charge is -2.38. The van der Waals surface area contributed by atoms with Crippen molar-refractivity contribution < 1.29 is 4.74 Å². The maximum atomic E-state index is 11.6. The van der Waals surface area contributed by atoms with E-state index in [1.165, 1.54) is 6.07 Å². The summed E-state index contributed by atoms with van der Waals surface area (Å²) in [5.74, 6) is 0.724. The Balaban J connectivity index is 1.70. The van der Waals surface area contributed by atoms with E-state index in [9.17, 15) is 4.79 Å². The van der Waals surface area contributed by atoms with Gasteiger partial charge in [0.1, 0.15) is 18.0 Å². The molecule has 7 nitrogen and oxygen atoms in total.